The zero-order valence-corrected chi connectivity index (χ0v) is 9.90. The van der Waals surface area contributed by atoms with Crippen molar-refractivity contribution in [2.24, 2.45) is 0 Å². The Labute approximate surface area is 101 Å². The van der Waals surface area contributed by atoms with Crippen LogP contribution in [-0.4, -0.2) is 17.8 Å². The second-order valence-corrected chi connectivity index (χ2v) is 4.17. The molecule has 1 amide bonds. The van der Waals surface area contributed by atoms with Crippen molar-refractivity contribution in [1.82, 2.24) is 5.32 Å². The van der Waals surface area contributed by atoms with Crippen LogP contribution in [0.3, 0.4) is 0 Å². The third-order valence-corrected chi connectivity index (χ3v) is 2.35. The first-order valence-electron chi connectivity index (χ1n) is 5.11. The van der Waals surface area contributed by atoms with Crippen LogP contribution in [0.4, 0.5) is 0 Å². The molecule has 1 N–H and O–H groups in total. The van der Waals surface area contributed by atoms with Crippen LogP contribution in [0.2, 0.25) is 5.02 Å². The number of amides is 1. The van der Waals surface area contributed by atoms with Crippen LogP contribution in [0.1, 0.15) is 13.9 Å². The van der Waals surface area contributed by atoms with E-state index in [9.17, 15) is 4.79 Å². The molecule has 0 fully saturated rings. The van der Waals surface area contributed by atoms with Crippen LogP contribution < -0.4 is 5.32 Å². The van der Waals surface area contributed by atoms with E-state index in [0.29, 0.717) is 18.0 Å². The maximum atomic E-state index is 11.3. The molecule has 0 spiro atoms. The maximum Gasteiger partial charge on any atom is 0.237 e. The summed E-state index contributed by atoms with van der Waals surface area (Å²) < 4.78 is 7.28. The SMILES string of the molecule is [2H]C(C)(Cl)C(=O)NCCc1ccc(Cl)cc1. The van der Waals surface area contributed by atoms with Crippen molar-refractivity contribution in [3.8, 4) is 0 Å². The average Bonchev–Trinajstić information content (AvgIpc) is 2.19. The first-order valence-corrected chi connectivity index (χ1v) is 5.37. The lowest BCUT2D eigenvalue weighted by Gasteiger charge is -2.06. The normalized spacial score (nSPS) is 15.3. The van der Waals surface area contributed by atoms with E-state index in [1.54, 1.807) is 12.1 Å². The lowest BCUT2D eigenvalue weighted by Crippen LogP contribution is -2.31. The van der Waals surface area contributed by atoms with Gasteiger partial charge in [-0.3, -0.25) is 4.79 Å². The molecular weight excluding hydrogens is 233 g/mol. The van der Waals surface area contributed by atoms with Crippen LogP contribution in [0, 0.1) is 0 Å². The van der Waals surface area contributed by atoms with E-state index >= 15 is 0 Å². The minimum Gasteiger partial charge on any atom is -0.354 e. The van der Waals surface area contributed by atoms with E-state index in [2.05, 4.69) is 5.32 Å². The number of alkyl halides is 1. The van der Waals surface area contributed by atoms with Crippen molar-refractivity contribution in [1.29, 1.82) is 0 Å². The minimum absolute atomic E-state index is 0.460. The first-order chi connectivity index (χ1) is 7.39. The molecule has 1 aromatic carbocycles. The molecule has 0 saturated carbocycles. The second kappa shape index (κ2) is 5.99. The Morgan fingerprint density at radius 2 is 2.13 bits per heavy atom. The van der Waals surface area contributed by atoms with Gasteiger partial charge in [-0.15, -0.1) is 11.6 Å². The van der Waals surface area contributed by atoms with Gasteiger partial charge in [0.2, 0.25) is 5.91 Å². The van der Waals surface area contributed by atoms with Crippen molar-refractivity contribution in [2.45, 2.75) is 18.7 Å². The van der Waals surface area contributed by atoms with Gasteiger partial charge in [-0.2, -0.15) is 0 Å². The zero-order chi connectivity index (χ0) is 12.2. The van der Waals surface area contributed by atoms with E-state index in [0.717, 1.165) is 5.56 Å². The highest BCUT2D eigenvalue weighted by Crippen LogP contribution is 2.09. The number of benzene rings is 1. The van der Waals surface area contributed by atoms with Gasteiger partial charge in [-0.25, -0.2) is 0 Å². The van der Waals surface area contributed by atoms with Crippen LogP contribution in [-0.2, 0) is 11.2 Å². The number of carbonyl (C=O) groups excluding carboxylic acids is 1. The molecule has 0 aliphatic heterocycles. The van der Waals surface area contributed by atoms with Crippen LogP contribution in [0.25, 0.3) is 0 Å². The second-order valence-electron chi connectivity index (χ2n) is 3.17. The van der Waals surface area contributed by atoms with E-state index in [-0.39, 0.29) is 0 Å². The number of hydrogen-bond donors (Lipinski definition) is 1. The maximum absolute atomic E-state index is 11.3. The molecule has 0 saturated heterocycles. The highest BCUT2D eigenvalue weighted by molar-refractivity contribution is 6.30. The van der Waals surface area contributed by atoms with Gasteiger partial charge >= 0.3 is 0 Å². The fourth-order valence-corrected chi connectivity index (χ4v) is 1.29. The molecule has 82 valence electrons. The molecule has 4 heteroatoms. The summed E-state index contributed by atoms with van der Waals surface area (Å²) in [6, 6.07) is 7.40. The molecule has 1 aromatic rings. The molecule has 0 aliphatic carbocycles. The molecule has 2 nitrogen and oxygen atoms in total. The van der Waals surface area contributed by atoms with Gasteiger partial charge in [-0.05, 0) is 31.0 Å². The summed E-state index contributed by atoms with van der Waals surface area (Å²) in [4.78, 5) is 11.3. The average molecular weight is 247 g/mol. The monoisotopic (exact) mass is 246 g/mol. The highest BCUT2D eigenvalue weighted by atomic mass is 35.5. The molecule has 1 atom stereocenters. The van der Waals surface area contributed by atoms with Gasteiger partial charge in [0, 0.05) is 11.6 Å². The van der Waals surface area contributed by atoms with E-state index in [1.807, 2.05) is 12.1 Å². The summed E-state index contributed by atoms with van der Waals surface area (Å²) in [5.41, 5.74) is 1.07. The van der Waals surface area contributed by atoms with Crippen molar-refractivity contribution in [3.05, 3.63) is 34.9 Å². The molecule has 0 radical (unpaired) electrons. The lowest BCUT2D eigenvalue weighted by atomic mass is 10.1. The van der Waals surface area contributed by atoms with Gasteiger partial charge in [-0.1, -0.05) is 23.7 Å². The fourth-order valence-electron chi connectivity index (χ4n) is 1.09. The summed E-state index contributed by atoms with van der Waals surface area (Å²) in [6.45, 7) is 1.80. The molecule has 1 rings (SSSR count). The highest BCUT2D eigenvalue weighted by Gasteiger charge is 2.07. The van der Waals surface area contributed by atoms with E-state index in [4.69, 9.17) is 24.6 Å². The summed E-state index contributed by atoms with van der Waals surface area (Å²) in [7, 11) is 0. The molecule has 15 heavy (non-hydrogen) atoms. The van der Waals surface area contributed by atoms with Crippen LogP contribution in [0.5, 0.6) is 0 Å². The standard InChI is InChI=1S/C11H13Cl2NO/c1-8(12)11(15)14-7-6-9-2-4-10(13)5-3-9/h2-5,8H,6-7H2,1H3,(H,14,15)/i8D. The summed E-state index contributed by atoms with van der Waals surface area (Å²) in [5.74, 6) is -0.483. The lowest BCUT2D eigenvalue weighted by molar-refractivity contribution is -0.120. The Hall–Kier alpha value is -0.730. The fraction of sp³-hybridized carbons (Fsp3) is 0.364. The molecule has 0 aliphatic rings. The van der Waals surface area contributed by atoms with Crippen molar-refractivity contribution >= 4 is 29.1 Å². The summed E-state index contributed by atoms with van der Waals surface area (Å²) in [5, 5.41) is 1.68. The van der Waals surface area contributed by atoms with Crippen LogP contribution in [0.15, 0.2) is 24.3 Å². The van der Waals surface area contributed by atoms with Crippen molar-refractivity contribution in [3.63, 3.8) is 0 Å². The predicted octanol–water partition coefficient (Wildman–Crippen LogP) is 2.63. The largest absolute Gasteiger partial charge is 0.354 e. The molecule has 0 bridgehead atoms. The van der Waals surface area contributed by atoms with Crippen molar-refractivity contribution in [2.75, 3.05) is 6.54 Å². The minimum atomic E-state index is -1.60. The molecule has 0 heterocycles. The third-order valence-electron chi connectivity index (χ3n) is 1.93. The molecule has 0 aromatic heterocycles. The van der Waals surface area contributed by atoms with Crippen LogP contribution >= 0.6 is 23.2 Å². The smallest absolute Gasteiger partial charge is 0.237 e. The Balaban J connectivity index is 2.36. The van der Waals surface area contributed by atoms with Gasteiger partial charge in [0.25, 0.3) is 0 Å². The Bertz CT molecular complexity index is 359. The first kappa shape index (κ1) is 10.8. The third kappa shape index (κ3) is 4.54. The Kier molecular flexibility index (Phi) is 4.30. The molecular formula is C11H13Cl2NO. The van der Waals surface area contributed by atoms with Crippen molar-refractivity contribution < 1.29 is 6.17 Å². The number of hydrogen-bond acceptors (Lipinski definition) is 1. The quantitative estimate of drug-likeness (QED) is 0.814. The van der Waals surface area contributed by atoms with Gasteiger partial charge in [0.1, 0.15) is 5.35 Å². The number of nitrogens with one attached hydrogen (secondary N) is 1. The van der Waals surface area contributed by atoms with Gasteiger partial charge in [0.05, 0.1) is 1.37 Å². The summed E-state index contributed by atoms with van der Waals surface area (Å²) in [6.07, 6.45) is 0.690. The van der Waals surface area contributed by atoms with E-state index in [1.165, 1.54) is 6.92 Å². The predicted molar refractivity (Wildman–Crippen MR) is 63.5 cm³/mol. The Morgan fingerprint density at radius 1 is 1.53 bits per heavy atom. The number of carbonyl (C=O) groups is 1. The van der Waals surface area contributed by atoms with E-state index < -0.39 is 11.3 Å². The summed E-state index contributed by atoms with van der Waals surface area (Å²) >= 11 is 11.3. The zero-order valence-electron chi connectivity index (χ0n) is 9.39. The topological polar surface area (TPSA) is 29.1 Å². The van der Waals surface area contributed by atoms with Gasteiger partial charge in [0.15, 0.2) is 0 Å². The number of rotatable bonds is 4. The Morgan fingerprint density at radius 3 is 2.67 bits per heavy atom. The molecule has 1 unspecified atom stereocenters. The number of halogens is 2. The van der Waals surface area contributed by atoms with Gasteiger partial charge < -0.3 is 5.32 Å².